The fourth-order valence-electron chi connectivity index (χ4n) is 2.34. The molecule has 3 heteroatoms. The molecule has 0 saturated heterocycles. The molecule has 1 unspecified atom stereocenters. The molecule has 0 amide bonds. The average Bonchev–Trinajstić information content (AvgIpc) is 2.85. The number of nitrogens with zero attached hydrogens (tertiary/aromatic N) is 1. The highest BCUT2D eigenvalue weighted by molar-refractivity contribution is 7.11. The molecule has 0 spiro atoms. The summed E-state index contributed by atoms with van der Waals surface area (Å²) >= 11 is 1.92. The van der Waals surface area contributed by atoms with Crippen LogP contribution < -0.4 is 5.32 Å². The van der Waals surface area contributed by atoms with Crippen LogP contribution in [0, 0.1) is 0 Å². The Balaban J connectivity index is 2.00. The van der Waals surface area contributed by atoms with Crippen molar-refractivity contribution in [2.45, 2.75) is 65.0 Å². The first kappa shape index (κ1) is 12.1. The number of aromatic nitrogens is 1. The van der Waals surface area contributed by atoms with Crippen LogP contribution in [0.4, 0.5) is 0 Å². The van der Waals surface area contributed by atoms with Crippen molar-refractivity contribution in [1.82, 2.24) is 10.3 Å². The maximum absolute atomic E-state index is 4.77. The fourth-order valence-corrected chi connectivity index (χ4v) is 3.51. The number of rotatable bonds is 5. The lowest BCUT2D eigenvalue weighted by Gasteiger charge is -2.19. The van der Waals surface area contributed by atoms with Crippen molar-refractivity contribution in [3.63, 3.8) is 0 Å². The minimum atomic E-state index is 0.417. The number of hydrogen-bond donors (Lipinski definition) is 1. The minimum absolute atomic E-state index is 0.417. The Morgan fingerprint density at radius 1 is 1.31 bits per heavy atom. The van der Waals surface area contributed by atoms with E-state index in [2.05, 4.69) is 26.1 Å². The molecule has 1 atom stereocenters. The van der Waals surface area contributed by atoms with Gasteiger partial charge in [0.15, 0.2) is 0 Å². The molecule has 1 aliphatic rings. The van der Waals surface area contributed by atoms with E-state index in [9.17, 15) is 0 Å². The van der Waals surface area contributed by atoms with Gasteiger partial charge < -0.3 is 5.32 Å². The molecule has 1 heterocycles. The summed E-state index contributed by atoms with van der Waals surface area (Å²) in [5.74, 6) is 0. The molecular formula is C13H22N2S. The highest BCUT2D eigenvalue weighted by Crippen LogP contribution is 2.30. The maximum Gasteiger partial charge on any atom is 0.110 e. The van der Waals surface area contributed by atoms with Crippen LogP contribution in [-0.2, 0) is 12.8 Å². The first-order chi connectivity index (χ1) is 7.74. The van der Waals surface area contributed by atoms with Crippen LogP contribution in [-0.4, -0.2) is 11.0 Å². The van der Waals surface area contributed by atoms with Crippen molar-refractivity contribution in [2.75, 3.05) is 0 Å². The molecule has 0 bridgehead atoms. The SMILES string of the molecule is CCC(CC)NC(C)c1nc2c(s1)CCC2. The zero-order valence-electron chi connectivity index (χ0n) is 10.5. The minimum Gasteiger partial charge on any atom is -0.305 e. The van der Waals surface area contributed by atoms with E-state index in [1.807, 2.05) is 11.3 Å². The van der Waals surface area contributed by atoms with Crippen LogP contribution in [0.1, 0.15) is 61.7 Å². The van der Waals surface area contributed by atoms with E-state index in [4.69, 9.17) is 4.98 Å². The Labute approximate surface area is 102 Å². The first-order valence-corrected chi connectivity index (χ1v) is 7.30. The third-order valence-corrected chi connectivity index (χ3v) is 4.79. The Bertz CT molecular complexity index is 320. The number of nitrogens with one attached hydrogen (secondary N) is 1. The monoisotopic (exact) mass is 238 g/mol. The number of hydrogen-bond acceptors (Lipinski definition) is 3. The van der Waals surface area contributed by atoms with Crippen molar-refractivity contribution in [3.05, 3.63) is 15.6 Å². The van der Waals surface area contributed by atoms with Crippen LogP contribution in [0.5, 0.6) is 0 Å². The van der Waals surface area contributed by atoms with Crippen LogP contribution in [0.2, 0.25) is 0 Å². The summed E-state index contributed by atoms with van der Waals surface area (Å²) in [5, 5.41) is 4.96. The van der Waals surface area contributed by atoms with Gasteiger partial charge in [-0.1, -0.05) is 13.8 Å². The predicted octanol–water partition coefficient (Wildman–Crippen LogP) is 3.47. The van der Waals surface area contributed by atoms with E-state index in [1.165, 1.54) is 47.7 Å². The lowest BCUT2D eigenvalue weighted by molar-refractivity contribution is 0.431. The van der Waals surface area contributed by atoms with Gasteiger partial charge >= 0.3 is 0 Å². The number of fused-ring (bicyclic) bond motifs is 1. The van der Waals surface area contributed by atoms with E-state index >= 15 is 0 Å². The molecule has 0 aliphatic heterocycles. The third-order valence-electron chi connectivity index (χ3n) is 3.45. The summed E-state index contributed by atoms with van der Waals surface area (Å²) in [5.41, 5.74) is 1.37. The van der Waals surface area contributed by atoms with Crippen molar-refractivity contribution in [3.8, 4) is 0 Å². The third kappa shape index (κ3) is 2.46. The molecule has 2 nitrogen and oxygen atoms in total. The summed E-state index contributed by atoms with van der Waals surface area (Å²) < 4.78 is 0. The molecule has 0 radical (unpaired) electrons. The second kappa shape index (κ2) is 5.28. The largest absolute Gasteiger partial charge is 0.305 e. The second-order valence-electron chi connectivity index (χ2n) is 4.68. The van der Waals surface area contributed by atoms with Gasteiger partial charge in [0.25, 0.3) is 0 Å². The van der Waals surface area contributed by atoms with Crippen molar-refractivity contribution >= 4 is 11.3 Å². The molecule has 90 valence electrons. The van der Waals surface area contributed by atoms with Gasteiger partial charge in [-0.3, -0.25) is 0 Å². The molecule has 0 aromatic carbocycles. The molecule has 2 rings (SSSR count). The lowest BCUT2D eigenvalue weighted by atomic mass is 10.1. The number of thiazole rings is 1. The predicted molar refractivity (Wildman–Crippen MR) is 70.1 cm³/mol. The summed E-state index contributed by atoms with van der Waals surface area (Å²) in [4.78, 5) is 6.30. The van der Waals surface area contributed by atoms with Crippen molar-refractivity contribution in [1.29, 1.82) is 0 Å². The molecule has 1 aliphatic carbocycles. The van der Waals surface area contributed by atoms with Crippen molar-refractivity contribution < 1.29 is 0 Å². The summed E-state index contributed by atoms with van der Waals surface area (Å²) in [6.07, 6.45) is 6.16. The highest BCUT2D eigenvalue weighted by atomic mass is 32.1. The number of aryl methyl sites for hydroxylation is 2. The van der Waals surface area contributed by atoms with Crippen LogP contribution in [0.25, 0.3) is 0 Å². The highest BCUT2D eigenvalue weighted by Gasteiger charge is 2.20. The van der Waals surface area contributed by atoms with E-state index in [1.54, 1.807) is 0 Å². The molecule has 16 heavy (non-hydrogen) atoms. The maximum atomic E-state index is 4.77. The van der Waals surface area contributed by atoms with E-state index < -0.39 is 0 Å². The van der Waals surface area contributed by atoms with Crippen LogP contribution in [0.3, 0.4) is 0 Å². The van der Waals surface area contributed by atoms with Gasteiger partial charge in [0.05, 0.1) is 11.7 Å². The Kier molecular flexibility index (Phi) is 3.98. The summed E-state index contributed by atoms with van der Waals surface area (Å²) in [6, 6.07) is 1.05. The van der Waals surface area contributed by atoms with E-state index in [0.717, 1.165) is 0 Å². The normalized spacial score (nSPS) is 16.8. The Morgan fingerprint density at radius 3 is 2.69 bits per heavy atom. The van der Waals surface area contributed by atoms with Crippen LogP contribution >= 0.6 is 11.3 Å². The second-order valence-corrected chi connectivity index (χ2v) is 5.79. The first-order valence-electron chi connectivity index (χ1n) is 6.49. The van der Waals surface area contributed by atoms with Gasteiger partial charge in [-0.15, -0.1) is 11.3 Å². The molecule has 0 fully saturated rings. The summed E-state index contributed by atoms with van der Waals surface area (Å²) in [6.45, 7) is 6.73. The van der Waals surface area contributed by atoms with E-state index in [0.29, 0.717) is 12.1 Å². The Morgan fingerprint density at radius 2 is 2.06 bits per heavy atom. The van der Waals surface area contributed by atoms with E-state index in [-0.39, 0.29) is 0 Å². The smallest absolute Gasteiger partial charge is 0.110 e. The molecular weight excluding hydrogens is 216 g/mol. The lowest BCUT2D eigenvalue weighted by Crippen LogP contribution is -2.30. The van der Waals surface area contributed by atoms with Gasteiger partial charge in [0.1, 0.15) is 5.01 Å². The summed E-state index contributed by atoms with van der Waals surface area (Å²) in [7, 11) is 0. The quantitative estimate of drug-likeness (QED) is 0.849. The molecule has 0 saturated carbocycles. The standard InChI is InChI=1S/C13H22N2S/c1-4-10(5-2)14-9(3)13-15-11-7-6-8-12(11)16-13/h9-10,14H,4-8H2,1-3H3. The van der Waals surface area contributed by atoms with Gasteiger partial charge in [-0.25, -0.2) is 4.98 Å². The molecule has 1 aromatic rings. The van der Waals surface area contributed by atoms with Gasteiger partial charge in [-0.05, 0) is 39.0 Å². The molecule has 1 aromatic heterocycles. The zero-order chi connectivity index (χ0) is 11.5. The van der Waals surface area contributed by atoms with Gasteiger partial charge in [0, 0.05) is 10.9 Å². The topological polar surface area (TPSA) is 24.9 Å². The van der Waals surface area contributed by atoms with Gasteiger partial charge in [-0.2, -0.15) is 0 Å². The fraction of sp³-hybridized carbons (Fsp3) is 0.769. The van der Waals surface area contributed by atoms with Gasteiger partial charge in [0.2, 0.25) is 0 Å². The zero-order valence-corrected chi connectivity index (χ0v) is 11.4. The average molecular weight is 238 g/mol. The molecule has 1 N–H and O–H groups in total. The van der Waals surface area contributed by atoms with Crippen molar-refractivity contribution in [2.24, 2.45) is 0 Å². The van der Waals surface area contributed by atoms with Crippen LogP contribution in [0.15, 0.2) is 0 Å². The Hall–Kier alpha value is -0.410.